The Labute approximate surface area is 189 Å². The first kappa shape index (κ1) is 25.2. The van der Waals surface area contributed by atoms with Crippen LogP contribution in [0.2, 0.25) is 0 Å². The van der Waals surface area contributed by atoms with Gasteiger partial charge in [0, 0.05) is 39.4 Å². The van der Waals surface area contributed by atoms with E-state index in [-0.39, 0.29) is 31.0 Å². The van der Waals surface area contributed by atoms with E-state index in [0.29, 0.717) is 17.0 Å². The summed E-state index contributed by atoms with van der Waals surface area (Å²) < 4.78 is 81.0. The number of hydrogen-bond donors (Lipinski definition) is 0. The van der Waals surface area contributed by atoms with Gasteiger partial charge in [-0.1, -0.05) is 0 Å². The highest BCUT2D eigenvalue weighted by Crippen LogP contribution is 2.29. The van der Waals surface area contributed by atoms with Crippen molar-refractivity contribution >= 4 is 17.7 Å². The summed E-state index contributed by atoms with van der Waals surface area (Å²) in [5.74, 6) is -7.40. The van der Waals surface area contributed by atoms with Crippen LogP contribution in [0.25, 0.3) is 0 Å². The van der Waals surface area contributed by atoms with Crippen LogP contribution in [-0.2, 0) is 40.1 Å². The summed E-state index contributed by atoms with van der Waals surface area (Å²) in [6.45, 7) is 1.40. The van der Waals surface area contributed by atoms with Gasteiger partial charge in [-0.05, 0) is 18.1 Å². The minimum atomic E-state index is -4.72. The first-order valence-corrected chi connectivity index (χ1v) is 10.0. The van der Waals surface area contributed by atoms with Gasteiger partial charge >= 0.3 is 6.18 Å². The van der Waals surface area contributed by atoms with Gasteiger partial charge in [0.15, 0.2) is 17.5 Å². The Hall–Kier alpha value is -3.45. The molecule has 1 aliphatic heterocycles. The molecular formula is C20H19F6N5O3. The molecule has 34 heavy (non-hydrogen) atoms. The number of halogens is 6. The van der Waals surface area contributed by atoms with Crippen LogP contribution >= 0.6 is 0 Å². The van der Waals surface area contributed by atoms with E-state index in [1.165, 1.54) is 0 Å². The van der Waals surface area contributed by atoms with Crippen molar-refractivity contribution < 1.29 is 40.7 Å². The Morgan fingerprint density at radius 3 is 2.21 bits per heavy atom. The molecule has 0 bridgehead atoms. The van der Waals surface area contributed by atoms with Gasteiger partial charge in [0.25, 0.3) is 0 Å². The number of rotatable bonds is 5. The van der Waals surface area contributed by atoms with Crippen molar-refractivity contribution in [2.45, 2.75) is 52.0 Å². The number of benzene rings is 1. The molecule has 2 heterocycles. The fourth-order valence-corrected chi connectivity index (χ4v) is 3.88. The van der Waals surface area contributed by atoms with Crippen LogP contribution in [0.15, 0.2) is 12.1 Å². The van der Waals surface area contributed by atoms with Crippen LogP contribution < -0.4 is 0 Å². The number of carbonyl (C=O) groups excluding carboxylic acids is 3. The van der Waals surface area contributed by atoms with Crippen LogP contribution in [0, 0.1) is 17.5 Å². The van der Waals surface area contributed by atoms with Crippen LogP contribution in [-0.4, -0.2) is 54.9 Å². The van der Waals surface area contributed by atoms with Crippen molar-refractivity contribution in [1.29, 1.82) is 0 Å². The molecule has 2 aromatic rings. The predicted octanol–water partition coefficient (Wildman–Crippen LogP) is 2.45. The van der Waals surface area contributed by atoms with E-state index in [9.17, 15) is 40.7 Å². The minimum absolute atomic E-state index is 0.106. The number of carbonyl (C=O) groups is 3. The fourth-order valence-electron chi connectivity index (χ4n) is 3.88. The zero-order valence-electron chi connectivity index (χ0n) is 18.0. The summed E-state index contributed by atoms with van der Waals surface area (Å²) in [7, 11) is 0. The van der Waals surface area contributed by atoms with E-state index in [0.717, 1.165) is 23.3 Å². The Bertz CT molecular complexity index is 1120. The molecule has 1 aromatic heterocycles. The quantitative estimate of drug-likeness (QED) is 0.474. The molecule has 0 unspecified atom stereocenters. The highest BCUT2D eigenvalue weighted by molar-refractivity contribution is 5.94. The molecule has 0 radical (unpaired) electrons. The van der Waals surface area contributed by atoms with E-state index in [1.807, 2.05) is 0 Å². The molecule has 3 rings (SSSR count). The maximum atomic E-state index is 14.2. The number of hydrogen-bond acceptors (Lipinski definition) is 5. The normalized spacial score (nSPS) is 14.5. The van der Waals surface area contributed by atoms with E-state index in [4.69, 9.17) is 0 Å². The van der Waals surface area contributed by atoms with Gasteiger partial charge in [-0.3, -0.25) is 19.3 Å². The van der Waals surface area contributed by atoms with Gasteiger partial charge in [-0.2, -0.15) is 13.2 Å². The lowest BCUT2D eigenvalue weighted by molar-refractivity contribution is -0.148. The molecule has 14 heteroatoms. The number of nitrogens with zero attached hydrogens (tertiary/aromatic N) is 5. The molecule has 3 amide bonds. The fraction of sp³-hybridized carbons (Fsp3) is 0.450. The molecule has 0 fully saturated rings. The first-order chi connectivity index (χ1) is 15.8. The number of fused-ring (bicyclic) bond motifs is 1. The predicted molar refractivity (Wildman–Crippen MR) is 102 cm³/mol. The summed E-state index contributed by atoms with van der Waals surface area (Å²) in [5.41, 5.74) is -0.364. The Kier molecular flexibility index (Phi) is 6.98. The van der Waals surface area contributed by atoms with Crippen molar-refractivity contribution in [3.05, 3.63) is 46.8 Å². The molecule has 0 spiro atoms. The molecule has 1 aromatic carbocycles. The zero-order valence-corrected chi connectivity index (χ0v) is 18.0. The molecule has 1 atom stereocenters. The minimum Gasteiger partial charge on any atom is -0.333 e. The second kappa shape index (κ2) is 9.43. The molecule has 0 saturated heterocycles. The third-order valence-electron chi connectivity index (χ3n) is 5.36. The highest BCUT2D eigenvalue weighted by Gasteiger charge is 2.40. The average molecular weight is 491 g/mol. The van der Waals surface area contributed by atoms with Crippen molar-refractivity contribution in [2.75, 3.05) is 6.54 Å². The van der Waals surface area contributed by atoms with Crippen LogP contribution in [0.3, 0.4) is 0 Å². The van der Waals surface area contributed by atoms with Crippen molar-refractivity contribution in [1.82, 2.24) is 24.6 Å². The lowest BCUT2D eigenvalue weighted by Gasteiger charge is -2.32. The third kappa shape index (κ3) is 5.20. The van der Waals surface area contributed by atoms with Gasteiger partial charge in [-0.25, -0.2) is 13.2 Å². The van der Waals surface area contributed by atoms with Crippen molar-refractivity contribution in [3.8, 4) is 0 Å². The van der Waals surface area contributed by atoms with E-state index >= 15 is 0 Å². The maximum Gasteiger partial charge on any atom is 0.451 e. The SMILES string of the molecule is CC(=O)N(C(C)=O)[C@@H](CC(=O)N1CCn2c(nnc2C(F)(F)F)C1)Cc1cc(F)c(F)cc1F. The molecule has 8 nitrogen and oxygen atoms in total. The van der Waals surface area contributed by atoms with E-state index < -0.39 is 66.1 Å². The smallest absolute Gasteiger partial charge is 0.333 e. The average Bonchev–Trinajstić information content (AvgIpc) is 3.15. The lowest BCUT2D eigenvalue weighted by Crippen LogP contribution is -2.48. The summed E-state index contributed by atoms with van der Waals surface area (Å²) in [4.78, 5) is 38.9. The van der Waals surface area contributed by atoms with Gasteiger partial charge < -0.3 is 9.47 Å². The highest BCUT2D eigenvalue weighted by atomic mass is 19.4. The second-order valence-corrected chi connectivity index (χ2v) is 7.73. The summed E-state index contributed by atoms with van der Waals surface area (Å²) in [6.07, 6.45) is -5.74. The summed E-state index contributed by atoms with van der Waals surface area (Å²) in [6, 6.07) is -0.374. The van der Waals surface area contributed by atoms with Gasteiger partial charge in [0.05, 0.1) is 12.6 Å². The van der Waals surface area contributed by atoms with Gasteiger partial charge in [-0.15, -0.1) is 10.2 Å². The second-order valence-electron chi connectivity index (χ2n) is 7.73. The van der Waals surface area contributed by atoms with Gasteiger partial charge in [0.2, 0.25) is 23.5 Å². The lowest BCUT2D eigenvalue weighted by atomic mass is 9.99. The summed E-state index contributed by atoms with van der Waals surface area (Å²) in [5, 5.41) is 6.60. The summed E-state index contributed by atoms with van der Waals surface area (Å²) >= 11 is 0. The number of imide groups is 1. The largest absolute Gasteiger partial charge is 0.451 e. The number of alkyl halides is 3. The molecule has 1 aliphatic rings. The standard InChI is InChI=1S/C20H19F6N5O3/c1-10(32)31(11(2)33)13(5-12-6-15(22)16(23)8-14(12)21)7-18(34)29-3-4-30-17(9-29)27-28-19(30)20(24,25)26/h6,8,13H,3-5,7,9H2,1-2H3/t13-/m1/s1. The topological polar surface area (TPSA) is 88.4 Å². The number of aromatic nitrogens is 3. The van der Waals surface area contributed by atoms with Crippen molar-refractivity contribution in [2.24, 2.45) is 0 Å². The Morgan fingerprint density at radius 1 is 1.00 bits per heavy atom. The number of amides is 3. The van der Waals surface area contributed by atoms with Gasteiger partial charge in [0.1, 0.15) is 5.82 Å². The van der Waals surface area contributed by atoms with Crippen LogP contribution in [0.1, 0.15) is 37.5 Å². The zero-order chi connectivity index (χ0) is 25.4. The van der Waals surface area contributed by atoms with Crippen LogP contribution in [0.5, 0.6) is 0 Å². The molecule has 0 aliphatic carbocycles. The Balaban J connectivity index is 1.84. The molecular weight excluding hydrogens is 472 g/mol. The van der Waals surface area contributed by atoms with Crippen LogP contribution in [0.4, 0.5) is 26.3 Å². The maximum absolute atomic E-state index is 14.2. The monoisotopic (exact) mass is 491 g/mol. The Morgan fingerprint density at radius 2 is 1.62 bits per heavy atom. The first-order valence-electron chi connectivity index (χ1n) is 10.0. The van der Waals surface area contributed by atoms with Crippen molar-refractivity contribution in [3.63, 3.8) is 0 Å². The third-order valence-corrected chi connectivity index (χ3v) is 5.36. The van der Waals surface area contributed by atoms with E-state index in [1.54, 1.807) is 0 Å². The molecule has 184 valence electrons. The molecule has 0 N–H and O–H groups in total. The van der Waals surface area contributed by atoms with E-state index in [2.05, 4.69) is 10.2 Å². The molecule has 0 saturated carbocycles.